The number of aryl methyl sites for hydroxylation is 2. The maximum Gasteiger partial charge on any atom is 0.255 e. The predicted molar refractivity (Wildman–Crippen MR) is 75.2 cm³/mol. The fourth-order valence-corrected chi connectivity index (χ4v) is 2.15. The lowest BCUT2D eigenvalue weighted by Gasteiger charge is -2.07. The Balaban J connectivity index is 2.13. The number of halogens is 1. The summed E-state index contributed by atoms with van der Waals surface area (Å²) >= 11 is 0. The molecule has 0 atom stereocenters. The van der Waals surface area contributed by atoms with Crippen LogP contribution in [0.25, 0.3) is 0 Å². The van der Waals surface area contributed by atoms with E-state index in [9.17, 15) is 9.18 Å². The van der Waals surface area contributed by atoms with Crippen LogP contribution in [0.15, 0.2) is 22.6 Å². The highest BCUT2D eigenvalue weighted by Crippen LogP contribution is 2.20. The smallest absolute Gasteiger partial charge is 0.255 e. The summed E-state index contributed by atoms with van der Waals surface area (Å²) in [5.41, 5.74) is 1.85. The standard InChI is InChI=1S/C16H15FN2O2/c1-9-10(2)21-11(3)15(9)16(20)19-8-13-5-4-12(7-18)6-14(13)17/h4-6H,8H2,1-3H3,(H,19,20). The van der Waals surface area contributed by atoms with Crippen molar-refractivity contribution in [1.29, 1.82) is 5.26 Å². The van der Waals surface area contributed by atoms with Crippen molar-refractivity contribution in [3.63, 3.8) is 0 Å². The van der Waals surface area contributed by atoms with Gasteiger partial charge < -0.3 is 9.73 Å². The molecular formula is C16H15FN2O2. The number of furan rings is 1. The topological polar surface area (TPSA) is 66.0 Å². The van der Waals surface area contributed by atoms with E-state index in [-0.39, 0.29) is 18.0 Å². The van der Waals surface area contributed by atoms with Crippen LogP contribution in [0.5, 0.6) is 0 Å². The molecular weight excluding hydrogens is 271 g/mol. The number of carbonyl (C=O) groups excluding carboxylic acids is 1. The molecule has 4 nitrogen and oxygen atoms in total. The molecule has 108 valence electrons. The van der Waals surface area contributed by atoms with Crippen LogP contribution in [0.4, 0.5) is 4.39 Å². The first-order valence-electron chi connectivity index (χ1n) is 6.47. The Bertz CT molecular complexity index is 741. The number of hydrogen-bond acceptors (Lipinski definition) is 3. The molecule has 0 bridgehead atoms. The van der Waals surface area contributed by atoms with Gasteiger partial charge in [-0.05, 0) is 32.9 Å². The Morgan fingerprint density at radius 2 is 2.05 bits per heavy atom. The molecule has 2 rings (SSSR count). The van der Waals surface area contributed by atoms with Gasteiger partial charge in [0.05, 0.1) is 17.2 Å². The van der Waals surface area contributed by atoms with Crippen molar-refractivity contribution in [2.24, 2.45) is 0 Å². The van der Waals surface area contributed by atoms with Gasteiger partial charge >= 0.3 is 0 Å². The highest BCUT2D eigenvalue weighted by atomic mass is 19.1. The van der Waals surface area contributed by atoms with Crippen LogP contribution in [0.3, 0.4) is 0 Å². The van der Waals surface area contributed by atoms with Crippen molar-refractivity contribution >= 4 is 5.91 Å². The van der Waals surface area contributed by atoms with Gasteiger partial charge in [-0.2, -0.15) is 5.26 Å². The maximum absolute atomic E-state index is 13.7. The van der Waals surface area contributed by atoms with E-state index in [1.54, 1.807) is 13.8 Å². The van der Waals surface area contributed by atoms with E-state index < -0.39 is 5.82 Å². The lowest BCUT2D eigenvalue weighted by molar-refractivity contribution is 0.0948. The van der Waals surface area contributed by atoms with E-state index in [0.29, 0.717) is 22.6 Å². The summed E-state index contributed by atoms with van der Waals surface area (Å²) in [4.78, 5) is 12.2. The molecule has 0 aliphatic heterocycles. The molecule has 21 heavy (non-hydrogen) atoms. The van der Waals surface area contributed by atoms with Gasteiger partial charge in [-0.3, -0.25) is 4.79 Å². The molecule has 2 aromatic rings. The molecule has 0 aliphatic carbocycles. The second-order valence-electron chi connectivity index (χ2n) is 4.82. The molecule has 0 spiro atoms. The summed E-state index contributed by atoms with van der Waals surface area (Å²) in [6.07, 6.45) is 0. The van der Waals surface area contributed by atoms with Gasteiger partial charge in [0.2, 0.25) is 0 Å². The molecule has 0 aliphatic rings. The second kappa shape index (κ2) is 5.80. The Kier molecular flexibility index (Phi) is 4.08. The second-order valence-corrected chi connectivity index (χ2v) is 4.82. The predicted octanol–water partition coefficient (Wildman–Crippen LogP) is 3.15. The summed E-state index contributed by atoms with van der Waals surface area (Å²) in [7, 11) is 0. The first kappa shape index (κ1) is 14.8. The lowest BCUT2D eigenvalue weighted by atomic mass is 10.1. The monoisotopic (exact) mass is 286 g/mol. The van der Waals surface area contributed by atoms with Gasteiger partial charge in [0.1, 0.15) is 17.3 Å². The Hall–Kier alpha value is -2.61. The van der Waals surface area contributed by atoms with Crippen LogP contribution in [0.1, 0.15) is 38.6 Å². The summed E-state index contributed by atoms with van der Waals surface area (Å²) in [5.74, 6) is 0.432. The average molecular weight is 286 g/mol. The van der Waals surface area contributed by atoms with Crippen LogP contribution in [-0.2, 0) is 6.54 Å². The third kappa shape index (κ3) is 2.95. The minimum Gasteiger partial charge on any atom is -0.466 e. The van der Waals surface area contributed by atoms with Crippen LogP contribution in [0.2, 0.25) is 0 Å². The SMILES string of the molecule is Cc1oc(C)c(C(=O)NCc2ccc(C#N)cc2F)c1C. The van der Waals surface area contributed by atoms with E-state index in [1.807, 2.05) is 13.0 Å². The van der Waals surface area contributed by atoms with Crippen molar-refractivity contribution < 1.29 is 13.6 Å². The van der Waals surface area contributed by atoms with Crippen molar-refractivity contribution in [1.82, 2.24) is 5.32 Å². The summed E-state index contributed by atoms with van der Waals surface area (Å²) in [6, 6.07) is 6.03. The van der Waals surface area contributed by atoms with Crippen LogP contribution in [-0.4, -0.2) is 5.91 Å². The van der Waals surface area contributed by atoms with Crippen molar-refractivity contribution in [2.45, 2.75) is 27.3 Å². The zero-order valence-corrected chi connectivity index (χ0v) is 12.1. The first-order valence-corrected chi connectivity index (χ1v) is 6.47. The van der Waals surface area contributed by atoms with Gasteiger partial charge in [-0.1, -0.05) is 6.07 Å². The normalized spacial score (nSPS) is 10.2. The largest absolute Gasteiger partial charge is 0.466 e. The Labute approximate surface area is 122 Å². The summed E-state index contributed by atoms with van der Waals surface area (Å²) in [6.45, 7) is 5.37. The minimum atomic E-state index is -0.508. The fourth-order valence-electron chi connectivity index (χ4n) is 2.15. The molecule has 5 heteroatoms. The number of benzene rings is 1. The zero-order chi connectivity index (χ0) is 15.6. The molecule has 1 aromatic heterocycles. The van der Waals surface area contributed by atoms with E-state index >= 15 is 0 Å². The van der Waals surface area contributed by atoms with Crippen LogP contribution < -0.4 is 5.32 Å². The third-order valence-electron chi connectivity index (χ3n) is 3.41. The van der Waals surface area contributed by atoms with Crippen molar-refractivity contribution in [2.75, 3.05) is 0 Å². The zero-order valence-electron chi connectivity index (χ0n) is 12.1. The van der Waals surface area contributed by atoms with Gasteiger partial charge in [-0.15, -0.1) is 0 Å². The van der Waals surface area contributed by atoms with E-state index in [2.05, 4.69) is 5.32 Å². The van der Waals surface area contributed by atoms with Gasteiger partial charge in [-0.25, -0.2) is 4.39 Å². The quantitative estimate of drug-likeness (QED) is 0.942. The van der Waals surface area contributed by atoms with Gasteiger partial charge in [0.15, 0.2) is 0 Å². The molecule has 1 amide bonds. The van der Waals surface area contributed by atoms with E-state index in [4.69, 9.17) is 9.68 Å². The molecule has 1 N–H and O–H groups in total. The van der Waals surface area contributed by atoms with Crippen molar-refractivity contribution in [3.8, 4) is 6.07 Å². The number of nitriles is 1. The molecule has 0 fully saturated rings. The van der Waals surface area contributed by atoms with Crippen molar-refractivity contribution in [3.05, 3.63) is 57.8 Å². The van der Waals surface area contributed by atoms with E-state index in [0.717, 1.165) is 11.6 Å². The van der Waals surface area contributed by atoms with Crippen LogP contribution in [0, 0.1) is 37.9 Å². The Morgan fingerprint density at radius 3 is 2.57 bits per heavy atom. The van der Waals surface area contributed by atoms with Gasteiger partial charge in [0, 0.05) is 17.7 Å². The number of nitrogens with one attached hydrogen (secondary N) is 1. The number of nitrogens with zero attached hydrogens (tertiary/aromatic N) is 1. The molecule has 0 unspecified atom stereocenters. The van der Waals surface area contributed by atoms with Crippen LogP contribution >= 0.6 is 0 Å². The lowest BCUT2D eigenvalue weighted by Crippen LogP contribution is -2.24. The molecule has 0 radical (unpaired) electrons. The summed E-state index contributed by atoms with van der Waals surface area (Å²) in [5, 5.41) is 11.4. The molecule has 1 heterocycles. The molecule has 1 aromatic carbocycles. The number of carbonyl (C=O) groups is 1. The average Bonchev–Trinajstić information content (AvgIpc) is 2.70. The van der Waals surface area contributed by atoms with E-state index in [1.165, 1.54) is 12.1 Å². The highest BCUT2D eigenvalue weighted by Gasteiger charge is 2.18. The third-order valence-corrected chi connectivity index (χ3v) is 3.41. The Morgan fingerprint density at radius 1 is 1.33 bits per heavy atom. The van der Waals surface area contributed by atoms with Gasteiger partial charge in [0.25, 0.3) is 5.91 Å². The number of hydrogen-bond donors (Lipinski definition) is 1. The maximum atomic E-state index is 13.7. The summed E-state index contributed by atoms with van der Waals surface area (Å²) < 4.78 is 19.1. The molecule has 0 saturated heterocycles. The fraction of sp³-hybridized carbons (Fsp3) is 0.250. The highest BCUT2D eigenvalue weighted by molar-refractivity contribution is 5.96. The number of amides is 1. The first-order chi connectivity index (χ1) is 9.93. The number of rotatable bonds is 3. The minimum absolute atomic E-state index is 0.0550. The molecule has 0 saturated carbocycles.